The minimum atomic E-state index is -0.636. The van der Waals surface area contributed by atoms with E-state index in [4.69, 9.17) is 5.11 Å². The first-order valence-electron chi connectivity index (χ1n) is 8.16. The molecule has 1 atom stereocenters. The Kier molecular flexibility index (Phi) is 8.89. The highest BCUT2D eigenvalue weighted by Crippen LogP contribution is 2.20. The number of rotatable bonds is 10. The summed E-state index contributed by atoms with van der Waals surface area (Å²) in [5.74, 6) is -0.251. The third kappa shape index (κ3) is 8.25. The first kappa shape index (κ1) is 16.5. The van der Waals surface area contributed by atoms with Crippen molar-refractivity contribution in [1.29, 1.82) is 0 Å². The lowest BCUT2D eigenvalue weighted by Gasteiger charge is -2.32. The predicted octanol–water partition coefficient (Wildman–Crippen LogP) is 3.92. The zero-order valence-corrected chi connectivity index (χ0v) is 12.6. The summed E-state index contributed by atoms with van der Waals surface area (Å²) in [4.78, 5) is 13.2. The van der Waals surface area contributed by atoms with Crippen molar-refractivity contribution in [1.82, 2.24) is 4.90 Å². The number of likely N-dealkylation sites (tertiary alicyclic amines) is 1. The lowest BCUT2D eigenvalue weighted by molar-refractivity contribution is -0.138. The topological polar surface area (TPSA) is 40.5 Å². The largest absolute Gasteiger partial charge is 0.481 e. The lowest BCUT2D eigenvalue weighted by Crippen LogP contribution is -2.36. The van der Waals surface area contributed by atoms with Gasteiger partial charge in [-0.1, -0.05) is 45.4 Å². The summed E-state index contributed by atoms with van der Waals surface area (Å²) in [6.07, 6.45) is 12.1. The summed E-state index contributed by atoms with van der Waals surface area (Å²) in [6.45, 7) is 5.60. The number of aliphatic carboxylic acids is 1. The number of carboxylic acid groups (broad SMARTS) is 1. The third-order valence-corrected chi connectivity index (χ3v) is 4.14. The zero-order valence-electron chi connectivity index (χ0n) is 12.6. The van der Waals surface area contributed by atoms with Gasteiger partial charge in [0, 0.05) is 13.0 Å². The van der Waals surface area contributed by atoms with Crippen molar-refractivity contribution in [2.24, 2.45) is 5.92 Å². The summed E-state index contributed by atoms with van der Waals surface area (Å²) in [5.41, 5.74) is 0. The first-order chi connectivity index (χ1) is 9.22. The molecule has 112 valence electrons. The molecule has 0 aliphatic carbocycles. The number of hydrogen-bond acceptors (Lipinski definition) is 2. The van der Waals surface area contributed by atoms with E-state index in [1.54, 1.807) is 0 Å². The van der Waals surface area contributed by atoms with Crippen LogP contribution in [0.3, 0.4) is 0 Å². The average Bonchev–Trinajstić information content (AvgIpc) is 2.37. The van der Waals surface area contributed by atoms with Gasteiger partial charge in [-0.25, -0.2) is 0 Å². The number of piperidine rings is 1. The summed E-state index contributed by atoms with van der Waals surface area (Å²) in [7, 11) is 0. The molecule has 0 aromatic heterocycles. The van der Waals surface area contributed by atoms with E-state index >= 15 is 0 Å². The van der Waals surface area contributed by atoms with Crippen molar-refractivity contribution in [3.8, 4) is 0 Å². The normalized spacial score (nSPS) is 20.6. The van der Waals surface area contributed by atoms with Gasteiger partial charge in [-0.2, -0.15) is 0 Å². The van der Waals surface area contributed by atoms with Crippen LogP contribution >= 0.6 is 0 Å². The van der Waals surface area contributed by atoms with Gasteiger partial charge in [0.2, 0.25) is 0 Å². The third-order valence-electron chi connectivity index (χ3n) is 4.14. The second-order valence-corrected chi connectivity index (χ2v) is 6.03. The molecule has 0 bridgehead atoms. The van der Waals surface area contributed by atoms with Crippen LogP contribution in [-0.4, -0.2) is 35.6 Å². The fourth-order valence-corrected chi connectivity index (χ4v) is 3.06. The minimum Gasteiger partial charge on any atom is -0.481 e. The van der Waals surface area contributed by atoms with E-state index < -0.39 is 5.97 Å². The molecule has 1 unspecified atom stereocenters. The van der Waals surface area contributed by atoms with E-state index in [1.165, 1.54) is 64.5 Å². The fraction of sp³-hybridized carbons (Fsp3) is 0.938. The highest BCUT2D eigenvalue weighted by molar-refractivity contribution is 5.67. The van der Waals surface area contributed by atoms with Gasteiger partial charge < -0.3 is 10.0 Å². The number of unbranched alkanes of at least 4 members (excludes halogenated alkanes) is 6. The van der Waals surface area contributed by atoms with E-state index in [2.05, 4.69) is 11.8 Å². The molecule has 0 aromatic rings. The minimum absolute atomic E-state index is 0.355. The molecule has 1 saturated heterocycles. The molecule has 19 heavy (non-hydrogen) atoms. The Bertz CT molecular complexity index is 243. The molecule has 1 rings (SSSR count). The van der Waals surface area contributed by atoms with E-state index in [-0.39, 0.29) is 0 Å². The molecule has 1 N–H and O–H groups in total. The second kappa shape index (κ2) is 10.2. The molecular formula is C16H31NO2. The number of carbonyl (C=O) groups is 1. The van der Waals surface area contributed by atoms with E-state index in [1.807, 2.05) is 0 Å². The molecule has 1 aliphatic heterocycles. The van der Waals surface area contributed by atoms with E-state index in [0.717, 1.165) is 13.0 Å². The highest BCUT2D eigenvalue weighted by Gasteiger charge is 2.21. The molecule has 1 fully saturated rings. The summed E-state index contributed by atoms with van der Waals surface area (Å²) >= 11 is 0. The molecule has 0 amide bonds. The highest BCUT2D eigenvalue weighted by atomic mass is 16.4. The van der Waals surface area contributed by atoms with Gasteiger partial charge in [0.05, 0.1) is 0 Å². The Morgan fingerprint density at radius 3 is 2.53 bits per heavy atom. The maximum atomic E-state index is 10.7. The van der Waals surface area contributed by atoms with Crippen molar-refractivity contribution in [3.63, 3.8) is 0 Å². The molecule has 0 spiro atoms. The first-order valence-corrected chi connectivity index (χ1v) is 8.16. The Morgan fingerprint density at radius 1 is 1.16 bits per heavy atom. The fourth-order valence-electron chi connectivity index (χ4n) is 3.06. The maximum Gasteiger partial charge on any atom is 0.303 e. The number of nitrogens with zero attached hydrogens (tertiary/aromatic N) is 1. The van der Waals surface area contributed by atoms with Crippen LogP contribution in [0, 0.1) is 5.92 Å². The van der Waals surface area contributed by atoms with E-state index in [0.29, 0.717) is 12.3 Å². The van der Waals surface area contributed by atoms with Crippen molar-refractivity contribution in [3.05, 3.63) is 0 Å². The molecular weight excluding hydrogens is 238 g/mol. The van der Waals surface area contributed by atoms with Crippen LogP contribution in [0.2, 0.25) is 0 Å². The smallest absolute Gasteiger partial charge is 0.303 e. The van der Waals surface area contributed by atoms with Gasteiger partial charge in [-0.15, -0.1) is 0 Å². The standard InChI is InChI=1S/C16H31NO2/c1-2-3-4-5-6-7-8-11-17-12-9-10-15(14-17)13-16(18)19/h15H,2-14H2,1H3,(H,18,19). The van der Waals surface area contributed by atoms with Crippen LogP contribution in [0.4, 0.5) is 0 Å². The van der Waals surface area contributed by atoms with Gasteiger partial charge in [-0.05, 0) is 38.3 Å². The van der Waals surface area contributed by atoms with Crippen LogP contribution in [0.5, 0.6) is 0 Å². The molecule has 3 nitrogen and oxygen atoms in total. The Hall–Kier alpha value is -0.570. The Balaban J connectivity index is 2.01. The van der Waals surface area contributed by atoms with Crippen LogP contribution < -0.4 is 0 Å². The van der Waals surface area contributed by atoms with E-state index in [9.17, 15) is 4.79 Å². The molecule has 0 aromatic carbocycles. The second-order valence-electron chi connectivity index (χ2n) is 6.03. The maximum absolute atomic E-state index is 10.7. The average molecular weight is 269 g/mol. The quantitative estimate of drug-likeness (QED) is 0.611. The van der Waals surface area contributed by atoms with Crippen LogP contribution in [0.25, 0.3) is 0 Å². The van der Waals surface area contributed by atoms with Crippen LogP contribution in [-0.2, 0) is 4.79 Å². The van der Waals surface area contributed by atoms with Crippen LogP contribution in [0.1, 0.15) is 71.1 Å². The number of carboxylic acids is 1. The van der Waals surface area contributed by atoms with Crippen molar-refractivity contribution in [2.45, 2.75) is 71.1 Å². The summed E-state index contributed by atoms with van der Waals surface area (Å²) in [6, 6.07) is 0. The Labute approximate surface area is 118 Å². The van der Waals surface area contributed by atoms with Gasteiger partial charge >= 0.3 is 5.97 Å². The number of hydrogen-bond donors (Lipinski definition) is 1. The monoisotopic (exact) mass is 269 g/mol. The van der Waals surface area contributed by atoms with Gasteiger partial charge in [0.1, 0.15) is 0 Å². The van der Waals surface area contributed by atoms with Crippen molar-refractivity contribution < 1.29 is 9.90 Å². The molecule has 1 heterocycles. The molecule has 0 radical (unpaired) electrons. The van der Waals surface area contributed by atoms with Gasteiger partial charge in [0.25, 0.3) is 0 Å². The Morgan fingerprint density at radius 2 is 1.84 bits per heavy atom. The van der Waals surface area contributed by atoms with Gasteiger partial charge in [0.15, 0.2) is 0 Å². The molecule has 0 saturated carbocycles. The van der Waals surface area contributed by atoms with Crippen molar-refractivity contribution >= 4 is 5.97 Å². The molecule has 3 heteroatoms. The predicted molar refractivity (Wildman–Crippen MR) is 79.4 cm³/mol. The molecule has 1 aliphatic rings. The SMILES string of the molecule is CCCCCCCCCN1CCCC(CC(=O)O)C1. The summed E-state index contributed by atoms with van der Waals surface area (Å²) < 4.78 is 0. The zero-order chi connectivity index (χ0) is 13.9. The van der Waals surface area contributed by atoms with Gasteiger partial charge in [-0.3, -0.25) is 4.79 Å². The van der Waals surface area contributed by atoms with Crippen LogP contribution in [0.15, 0.2) is 0 Å². The lowest BCUT2D eigenvalue weighted by atomic mass is 9.94. The summed E-state index contributed by atoms with van der Waals surface area (Å²) in [5, 5.41) is 8.85. The van der Waals surface area contributed by atoms with Crippen molar-refractivity contribution in [2.75, 3.05) is 19.6 Å².